The molecule has 1 aliphatic carbocycles. The van der Waals surface area contributed by atoms with Gasteiger partial charge in [-0.3, -0.25) is 4.79 Å². The molecule has 0 saturated heterocycles. The van der Waals surface area contributed by atoms with E-state index in [1.807, 2.05) is 24.3 Å². The summed E-state index contributed by atoms with van der Waals surface area (Å²) in [5.41, 5.74) is 6.45. The molecule has 1 amide bonds. The Hall–Kier alpha value is -1.39. The molecule has 0 bridgehead atoms. The second-order valence-electron chi connectivity index (χ2n) is 6.30. The van der Waals surface area contributed by atoms with Crippen LogP contribution in [0.25, 0.3) is 0 Å². The summed E-state index contributed by atoms with van der Waals surface area (Å²) in [6, 6.07) is 7.51. The Labute approximate surface area is 126 Å². The zero-order chi connectivity index (χ0) is 15.3. The highest BCUT2D eigenvalue weighted by molar-refractivity contribution is 5.95. The first-order chi connectivity index (χ1) is 10.0. The summed E-state index contributed by atoms with van der Waals surface area (Å²) < 4.78 is 0. The Morgan fingerprint density at radius 3 is 2.95 bits per heavy atom. The van der Waals surface area contributed by atoms with E-state index >= 15 is 0 Å². The predicted octanol–water partition coefficient (Wildman–Crippen LogP) is 1.86. The van der Waals surface area contributed by atoms with Crippen molar-refractivity contribution in [2.24, 2.45) is 11.7 Å². The Bertz CT molecular complexity index is 489. The van der Waals surface area contributed by atoms with E-state index in [4.69, 9.17) is 5.73 Å². The molecule has 0 aliphatic heterocycles. The van der Waals surface area contributed by atoms with Crippen LogP contribution in [0.1, 0.15) is 48.5 Å². The molecular formula is C17H26N2O2. The van der Waals surface area contributed by atoms with Crippen molar-refractivity contribution in [2.75, 3.05) is 13.1 Å². The molecule has 2 rings (SSSR count). The predicted molar refractivity (Wildman–Crippen MR) is 84.1 cm³/mol. The third-order valence-corrected chi connectivity index (χ3v) is 4.32. The van der Waals surface area contributed by atoms with E-state index in [9.17, 15) is 9.90 Å². The van der Waals surface area contributed by atoms with Crippen molar-refractivity contribution in [3.8, 4) is 0 Å². The monoisotopic (exact) mass is 290 g/mol. The minimum atomic E-state index is -0.754. The van der Waals surface area contributed by atoms with E-state index in [1.165, 1.54) is 0 Å². The first-order valence-electron chi connectivity index (χ1n) is 7.82. The van der Waals surface area contributed by atoms with Crippen LogP contribution in [-0.4, -0.2) is 29.7 Å². The summed E-state index contributed by atoms with van der Waals surface area (Å²) in [6.45, 7) is 3.00. The Balaban J connectivity index is 1.98. The summed E-state index contributed by atoms with van der Waals surface area (Å²) in [4.78, 5) is 12.3. The van der Waals surface area contributed by atoms with Crippen molar-refractivity contribution >= 4 is 5.91 Å². The maximum atomic E-state index is 12.3. The molecule has 0 aromatic heterocycles. The number of rotatable bonds is 5. The Morgan fingerprint density at radius 2 is 2.24 bits per heavy atom. The maximum Gasteiger partial charge on any atom is 0.251 e. The van der Waals surface area contributed by atoms with Gasteiger partial charge in [0, 0.05) is 12.1 Å². The molecule has 2 atom stereocenters. The fraction of sp³-hybridized carbons (Fsp3) is 0.588. The molecule has 0 radical (unpaired) electrons. The van der Waals surface area contributed by atoms with Crippen molar-refractivity contribution in [1.29, 1.82) is 0 Å². The van der Waals surface area contributed by atoms with Gasteiger partial charge in [-0.05, 0) is 43.4 Å². The Morgan fingerprint density at radius 1 is 1.48 bits per heavy atom. The van der Waals surface area contributed by atoms with E-state index in [0.29, 0.717) is 31.0 Å². The van der Waals surface area contributed by atoms with Gasteiger partial charge in [0.05, 0.1) is 5.60 Å². The number of benzene rings is 1. The lowest BCUT2D eigenvalue weighted by molar-refractivity contribution is -0.0109. The van der Waals surface area contributed by atoms with Crippen LogP contribution < -0.4 is 11.1 Å². The average molecular weight is 290 g/mol. The van der Waals surface area contributed by atoms with Crippen LogP contribution in [0, 0.1) is 5.92 Å². The number of carbonyl (C=O) groups is 1. The molecule has 0 heterocycles. The molecule has 1 fully saturated rings. The third-order valence-electron chi connectivity index (χ3n) is 4.32. The fourth-order valence-corrected chi connectivity index (χ4v) is 3.25. The summed E-state index contributed by atoms with van der Waals surface area (Å²) >= 11 is 0. The van der Waals surface area contributed by atoms with E-state index in [-0.39, 0.29) is 5.91 Å². The fourth-order valence-electron chi connectivity index (χ4n) is 3.25. The van der Waals surface area contributed by atoms with E-state index in [1.54, 1.807) is 0 Å². The molecule has 4 heteroatoms. The number of aliphatic hydroxyl groups is 1. The van der Waals surface area contributed by atoms with Crippen LogP contribution in [0.2, 0.25) is 0 Å². The van der Waals surface area contributed by atoms with Crippen LogP contribution in [0.15, 0.2) is 24.3 Å². The number of amides is 1. The van der Waals surface area contributed by atoms with E-state index in [0.717, 1.165) is 31.2 Å². The summed E-state index contributed by atoms with van der Waals surface area (Å²) in [5.74, 6) is 0.399. The summed E-state index contributed by atoms with van der Waals surface area (Å²) in [6.07, 6.45) is 4.40. The highest BCUT2D eigenvalue weighted by Crippen LogP contribution is 2.31. The minimum Gasteiger partial charge on any atom is -0.388 e. The molecule has 21 heavy (non-hydrogen) atoms. The number of nitrogens with one attached hydrogen (secondary N) is 1. The van der Waals surface area contributed by atoms with Crippen molar-refractivity contribution in [3.05, 3.63) is 35.4 Å². The zero-order valence-electron chi connectivity index (χ0n) is 12.8. The lowest BCUT2D eigenvalue weighted by atomic mass is 9.79. The van der Waals surface area contributed by atoms with Gasteiger partial charge in [-0.15, -0.1) is 0 Å². The number of hydrogen-bond donors (Lipinski definition) is 3. The average Bonchev–Trinajstić information content (AvgIpc) is 2.46. The van der Waals surface area contributed by atoms with E-state index < -0.39 is 5.60 Å². The zero-order valence-corrected chi connectivity index (χ0v) is 12.8. The second kappa shape index (κ2) is 7.05. The van der Waals surface area contributed by atoms with E-state index in [2.05, 4.69) is 12.2 Å². The van der Waals surface area contributed by atoms with Gasteiger partial charge in [0.25, 0.3) is 5.91 Å². The minimum absolute atomic E-state index is 0.120. The van der Waals surface area contributed by atoms with Crippen LogP contribution in [0.5, 0.6) is 0 Å². The number of carbonyl (C=O) groups excluding carboxylic acids is 1. The molecule has 1 aromatic carbocycles. The molecule has 1 aliphatic rings. The Kier molecular flexibility index (Phi) is 5.37. The molecule has 4 nitrogen and oxygen atoms in total. The van der Waals surface area contributed by atoms with Crippen molar-refractivity contribution in [3.63, 3.8) is 0 Å². The lowest BCUT2D eigenvalue weighted by Gasteiger charge is -2.35. The standard InChI is InChI=1S/C17H26N2O2/c1-13-5-4-9-17(21,11-13)12-19-16(20)15-7-3-2-6-14(15)8-10-18/h2-3,6-7,13,21H,4-5,8-12,18H2,1H3,(H,19,20). The van der Waals surface area contributed by atoms with Gasteiger partial charge < -0.3 is 16.2 Å². The molecular weight excluding hydrogens is 264 g/mol. The molecule has 4 N–H and O–H groups in total. The first kappa shape index (κ1) is 16.0. The van der Waals surface area contributed by atoms with Gasteiger partial charge in [-0.2, -0.15) is 0 Å². The number of hydrogen-bond acceptors (Lipinski definition) is 3. The van der Waals surface area contributed by atoms with Crippen molar-refractivity contribution < 1.29 is 9.90 Å². The topological polar surface area (TPSA) is 75.3 Å². The van der Waals surface area contributed by atoms with Crippen LogP contribution in [-0.2, 0) is 6.42 Å². The van der Waals surface area contributed by atoms with Crippen LogP contribution in [0.4, 0.5) is 0 Å². The highest BCUT2D eigenvalue weighted by Gasteiger charge is 2.33. The molecule has 116 valence electrons. The second-order valence-corrected chi connectivity index (χ2v) is 6.30. The van der Waals surface area contributed by atoms with Crippen molar-refractivity contribution in [1.82, 2.24) is 5.32 Å². The third kappa shape index (κ3) is 4.29. The molecule has 0 spiro atoms. The molecule has 1 aromatic rings. The van der Waals surface area contributed by atoms with Gasteiger partial charge in [0.2, 0.25) is 0 Å². The summed E-state index contributed by atoms with van der Waals surface area (Å²) in [5, 5.41) is 13.5. The summed E-state index contributed by atoms with van der Waals surface area (Å²) in [7, 11) is 0. The van der Waals surface area contributed by atoms with Crippen LogP contribution in [0.3, 0.4) is 0 Å². The quantitative estimate of drug-likeness (QED) is 0.775. The van der Waals surface area contributed by atoms with Gasteiger partial charge >= 0.3 is 0 Å². The van der Waals surface area contributed by atoms with Crippen molar-refractivity contribution in [2.45, 2.75) is 44.6 Å². The normalized spacial score (nSPS) is 25.6. The highest BCUT2D eigenvalue weighted by atomic mass is 16.3. The van der Waals surface area contributed by atoms with Gasteiger partial charge in [-0.1, -0.05) is 38.0 Å². The smallest absolute Gasteiger partial charge is 0.251 e. The lowest BCUT2D eigenvalue weighted by Crippen LogP contribution is -2.45. The first-order valence-corrected chi connectivity index (χ1v) is 7.82. The van der Waals surface area contributed by atoms with Crippen LogP contribution >= 0.6 is 0 Å². The maximum absolute atomic E-state index is 12.3. The van der Waals surface area contributed by atoms with Gasteiger partial charge in [-0.25, -0.2) is 0 Å². The number of nitrogens with two attached hydrogens (primary N) is 1. The molecule has 2 unspecified atom stereocenters. The SMILES string of the molecule is CC1CCCC(O)(CNC(=O)c2ccccc2CCN)C1. The molecule has 1 saturated carbocycles. The van der Waals surface area contributed by atoms with Gasteiger partial charge in [0.15, 0.2) is 0 Å². The van der Waals surface area contributed by atoms with Gasteiger partial charge in [0.1, 0.15) is 0 Å². The largest absolute Gasteiger partial charge is 0.388 e.